The van der Waals surface area contributed by atoms with Crippen LogP contribution < -0.4 is 20.3 Å². The van der Waals surface area contributed by atoms with Crippen molar-refractivity contribution >= 4 is 17.2 Å². The minimum Gasteiger partial charge on any atom is -0.487 e. The third kappa shape index (κ3) is 5.38. The summed E-state index contributed by atoms with van der Waals surface area (Å²) in [6.45, 7) is 3.95. The Morgan fingerprint density at radius 1 is 1.06 bits per heavy atom. The van der Waals surface area contributed by atoms with Gasteiger partial charge in [0.1, 0.15) is 23.8 Å². The number of pyridine rings is 1. The lowest BCUT2D eigenvalue weighted by Crippen LogP contribution is -2.32. The van der Waals surface area contributed by atoms with Crippen LogP contribution in [0.2, 0.25) is 0 Å². The van der Waals surface area contributed by atoms with E-state index in [-0.39, 0.29) is 18.1 Å². The highest BCUT2D eigenvalue weighted by Gasteiger charge is 2.19. The SMILES string of the molecule is CCC(Oc1ccccc1)C(=O)Nc1ccc(C)c(OCc2cc(=O)n3ccccc3n2)c1. The van der Waals surface area contributed by atoms with Crippen molar-refractivity contribution in [3.63, 3.8) is 0 Å². The van der Waals surface area contributed by atoms with Crippen LogP contribution in [-0.2, 0) is 11.4 Å². The second-order valence-electron chi connectivity index (χ2n) is 7.60. The van der Waals surface area contributed by atoms with Crippen LogP contribution in [0.25, 0.3) is 5.65 Å². The monoisotopic (exact) mass is 443 g/mol. The Kier molecular flexibility index (Phi) is 6.69. The molecule has 0 radical (unpaired) electrons. The van der Waals surface area contributed by atoms with Crippen LogP contribution in [0, 0.1) is 6.92 Å². The topological polar surface area (TPSA) is 81.9 Å². The maximum Gasteiger partial charge on any atom is 0.265 e. The summed E-state index contributed by atoms with van der Waals surface area (Å²) in [5.41, 5.74) is 2.43. The number of aromatic nitrogens is 2. The number of anilines is 1. The Morgan fingerprint density at radius 2 is 1.85 bits per heavy atom. The average Bonchev–Trinajstić information content (AvgIpc) is 2.83. The number of ether oxygens (including phenoxy) is 2. The molecule has 1 amide bonds. The molecule has 0 spiro atoms. The first-order valence-electron chi connectivity index (χ1n) is 10.8. The molecule has 33 heavy (non-hydrogen) atoms. The largest absolute Gasteiger partial charge is 0.487 e. The van der Waals surface area contributed by atoms with Crippen LogP contribution in [0.4, 0.5) is 5.69 Å². The van der Waals surface area contributed by atoms with E-state index in [2.05, 4.69) is 10.3 Å². The second-order valence-corrected chi connectivity index (χ2v) is 7.60. The van der Waals surface area contributed by atoms with Crippen molar-refractivity contribution in [2.45, 2.75) is 33.0 Å². The summed E-state index contributed by atoms with van der Waals surface area (Å²) in [5.74, 6) is 1.01. The molecular weight excluding hydrogens is 418 g/mol. The molecular formula is C26H25N3O4. The lowest BCUT2D eigenvalue weighted by atomic mass is 10.2. The Bertz CT molecular complexity index is 1320. The number of amides is 1. The number of hydrogen-bond acceptors (Lipinski definition) is 5. The maximum atomic E-state index is 12.8. The lowest BCUT2D eigenvalue weighted by Gasteiger charge is -2.18. The summed E-state index contributed by atoms with van der Waals surface area (Å²) >= 11 is 0. The zero-order valence-corrected chi connectivity index (χ0v) is 18.5. The molecule has 2 heterocycles. The van der Waals surface area contributed by atoms with Crippen LogP contribution in [0.3, 0.4) is 0 Å². The number of fused-ring (bicyclic) bond motifs is 1. The van der Waals surface area contributed by atoms with Crippen molar-refractivity contribution in [2.75, 3.05) is 5.32 Å². The van der Waals surface area contributed by atoms with Gasteiger partial charge in [0, 0.05) is 24.0 Å². The van der Waals surface area contributed by atoms with E-state index in [9.17, 15) is 9.59 Å². The quantitative estimate of drug-likeness (QED) is 0.437. The Balaban J connectivity index is 1.45. The van der Waals surface area contributed by atoms with Crippen molar-refractivity contribution < 1.29 is 14.3 Å². The molecule has 1 unspecified atom stereocenters. The van der Waals surface area contributed by atoms with Gasteiger partial charge in [-0.2, -0.15) is 0 Å². The van der Waals surface area contributed by atoms with E-state index in [4.69, 9.17) is 9.47 Å². The van der Waals surface area contributed by atoms with E-state index in [1.54, 1.807) is 24.4 Å². The molecule has 0 aliphatic rings. The number of carbonyl (C=O) groups is 1. The smallest absolute Gasteiger partial charge is 0.265 e. The predicted molar refractivity (Wildman–Crippen MR) is 127 cm³/mol. The number of benzene rings is 2. The van der Waals surface area contributed by atoms with Gasteiger partial charge in [-0.05, 0) is 49.2 Å². The molecule has 2 aromatic carbocycles. The molecule has 0 bridgehead atoms. The summed E-state index contributed by atoms with van der Waals surface area (Å²) in [4.78, 5) is 29.5. The number of hydrogen-bond donors (Lipinski definition) is 1. The Hall–Kier alpha value is -4.13. The molecule has 4 rings (SSSR count). The highest BCUT2D eigenvalue weighted by molar-refractivity contribution is 5.94. The Morgan fingerprint density at radius 3 is 2.64 bits per heavy atom. The zero-order chi connectivity index (χ0) is 23.2. The Labute approximate surface area is 191 Å². The minimum absolute atomic E-state index is 0.133. The van der Waals surface area contributed by atoms with Gasteiger partial charge in [-0.15, -0.1) is 0 Å². The fourth-order valence-corrected chi connectivity index (χ4v) is 3.37. The molecule has 1 N–H and O–H groups in total. The fraction of sp³-hybridized carbons (Fsp3) is 0.192. The number of aryl methyl sites for hydroxylation is 1. The van der Waals surface area contributed by atoms with E-state index >= 15 is 0 Å². The number of para-hydroxylation sites is 1. The molecule has 0 aliphatic carbocycles. The van der Waals surface area contributed by atoms with Gasteiger partial charge in [-0.25, -0.2) is 4.98 Å². The zero-order valence-electron chi connectivity index (χ0n) is 18.5. The van der Waals surface area contributed by atoms with Crippen molar-refractivity contribution in [1.82, 2.24) is 9.38 Å². The van der Waals surface area contributed by atoms with E-state index in [0.29, 0.717) is 34.9 Å². The van der Waals surface area contributed by atoms with Gasteiger partial charge in [0.05, 0.1) is 5.69 Å². The van der Waals surface area contributed by atoms with E-state index < -0.39 is 6.10 Å². The van der Waals surface area contributed by atoms with Crippen LogP contribution >= 0.6 is 0 Å². The van der Waals surface area contributed by atoms with Crippen LogP contribution in [-0.4, -0.2) is 21.4 Å². The first-order valence-corrected chi connectivity index (χ1v) is 10.8. The van der Waals surface area contributed by atoms with Crippen molar-refractivity contribution in [1.29, 1.82) is 0 Å². The van der Waals surface area contributed by atoms with Gasteiger partial charge in [0.15, 0.2) is 6.10 Å². The molecule has 7 heteroatoms. The molecule has 0 fully saturated rings. The number of nitrogens with zero attached hydrogens (tertiary/aromatic N) is 2. The molecule has 0 saturated carbocycles. The van der Waals surface area contributed by atoms with Gasteiger partial charge in [0.25, 0.3) is 11.5 Å². The molecule has 1 atom stereocenters. The van der Waals surface area contributed by atoms with Gasteiger partial charge < -0.3 is 14.8 Å². The normalized spacial score (nSPS) is 11.7. The van der Waals surface area contributed by atoms with E-state index in [0.717, 1.165) is 5.56 Å². The average molecular weight is 444 g/mol. The fourth-order valence-electron chi connectivity index (χ4n) is 3.37. The molecule has 0 saturated heterocycles. The summed E-state index contributed by atoms with van der Waals surface area (Å²) in [7, 11) is 0. The highest BCUT2D eigenvalue weighted by atomic mass is 16.5. The van der Waals surface area contributed by atoms with Gasteiger partial charge >= 0.3 is 0 Å². The summed E-state index contributed by atoms with van der Waals surface area (Å²) < 4.78 is 13.2. The predicted octanol–water partition coefficient (Wildman–Crippen LogP) is 4.38. The number of nitrogens with one attached hydrogen (secondary N) is 1. The minimum atomic E-state index is -0.618. The molecule has 2 aromatic heterocycles. The van der Waals surface area contributed by atoms with Crippen LogP contribution in [0.1, 0.15) is 24.6 Å². The van der Waals surface area contributed by atoms with Crippen LogP contribution in [0.5, 0.6) is 11.5 Å². The lowest BCUT2D eigenvalue weighted by molar-refractivity contribution is -0.122. The van der Waals surface area contributed by atoms with Gasteiger partial charge in [-0.1, -0.05) is 37.3 Å². The number of rotatable bonds is 8. The third-order valence-corrected chi connectivity index (χ3v) is 5.14. The van der Waals surface area contributed by atoms with Gasteiger partial charge in [0.2, 0.25) is 0 Å². The molecule has 4 aromatic rings. The number of carbonyl (C=O) groups excluding carboxylic acids is 1. The summed E-state index contributed by atoms with van der Waals surface area (Å²) in [6.07, 6.45) is 1.59. The molecule has 168 valence electrons. The molecule has 0 aliphatic heterocycles. The summed E-state index contributed by atoms with van der Waals surface area (Å²) in [6, 6.07) is 21.5. The van der Waals surface area contributed by atoms with Crippen molar-refractivity contribution in [3.8, 4) is 11.5 Å². The standard InChI is InChI=1S/C26H25N3O4/c1-3-22(33-21-9-5-4-6-10-21)26(31)28-19-13-12-18(2)23(15-19)32-17-20-16-25(30)29-14-8-7-11-24(29)27-20/h4-16,22H,3,17H2,1-2H3,(H,28,31). The van der Waals surface area contributed by atoms with Crippen molar-refractivity contribution in [3.05, 3.63) is 101 Å². The first kappa shape index (κ1) is 22.1. The second kappa shape index (κ2) is 9.99. The highest BCUT2D eigenvalue weighted by Crippen LogP contribution is 2.24. The summed E-state index contributed by atoms with van der Waals surface area (Å²) in [5, 5.41) is 2.90. The third-order valence-electron chi connectivity index (χ3n) is 5.14. The maximum absolute atomic E-state index is 12.8. The van der Waals surface area contributed by atoms with E-state index in [1.807, 2.05) is 62.4 Å². The van der Waals surface area contributed by atoms with E-state index in [1.165, 1.54) is 10.5 Å². The van der Waals surface area contributed by atoms with Crippen molar-refractivity contribution in [2.24, 2.45) is 0 Å². The molecule has 7 nitrogen and oxygen atoms in total. The van der Waals surface area contributed by atoms with Crippen LogP contribution in [0.15, 0.2) is 83.8 Å². The first-order chi connectivity index (χ1) is 16.0. The van der Waals surface area contributed by atoms with Gasteiger partial charge in [-0.3, -0.25) is 14.0 Å².